The molecule has 0 fully saturated rings. The fourth-order valence-electron chi connectivity index (χ4n) is 4.29. The van der Waals surface area contributed by atoms with E-state index in [0.717, 1.165) is 11.1 Å². The van der Waals surface area contributed by atoms with E-state index in [2.05, 4.69) is 5.16 Å². The van der Waals surface area contributed by atoms with Crippen LogP contribution in [0.5, 0.6) is 11.5 Å². The number of aromatic carboxylic acids is 1. The van der Waals surface area contributed by atoms with Crippen molar-refractivity contribution in [3.05, 3.63) is 127 Å². The molecule has 0 saturated carbocycles. The summed E-state index contributed by atoms with van der Waals surface area (Å²) in [6, 6.07) is 16.8. The average Bonchev–Trinajstić information content (AvgIpc) is 2.89. The van der Waals surface area contributed by atoms with Crippen molar-refractivity contribution in [2.45, 2.75) is 19.3 Å². The maximum Gasteiger partial charge on any atom is 0.337 e. The monoisotopic (exact) mass is 568 g/mol. The fraction of sp³-hybridized carbons (Fsp3) is 0.138. The highest BCUT2D eigenvalue weighted by Crippen LogP contribution is 2.36. The van der Waals surface area contributed by atoms with Gasteiger partial charge in [0.15, 0.2) is 11.6 Å². The molecule has 0 aliphatic rings. The van der Waals surface area contributed by atoms with E-state index in [-0.39, 0.29) is 34.1 Å². The third-order valence-electron chi connectivity index (χ3n) is 6.30. The summed E-state index contributed by atoms with van der Waals surface area (Å²) in [5.74, 6) is -2.37. The van der Waals surface area contributed by atoms with Crippen molar-refractivity contribution in [3.63, 3.8) is 0 Å². The molecule has 0 aliphatic heterocycles. The number of pyridine rings is 1. The number of carboxylic acids is 1. The topological polar surface area (TPSA) is 101 Å². The van der Waals surface area contributed by atoms with Crippen molar-refractivity contribution >= 4 is 34.9 Å². The molecule has 0 amide bonds. The zero-order chi connectivity index (χ0) is 28.3. The molecular weight excluding hydrogens is 546 g/mol. The van der Waals surface area contributed by atoms with E-state index in [1.165, 1.54) is 41.0 Å². The molecular formula is C29H23Cl2FN2O5. The first-order chi connectivity index (χ1) is 18.6. The van der Waals surface area contributed by atoms with Crippen LogP contribution in [0.25, 0.3) is 0 Å². The molecule has 1 aromatic heterocycles. The van der Waals surface area contributed by atoms with Crippen molar-refractivity contribution < 1.29 is 24.2 Å². The van der Waals surface area contributed by atoms with Gasteiger partial charge in [-0.15, -0.1) is 0 Å². The van der Waals surface area contributed by atoms with Crippen LogP contribution in [0, 0.1) is 12.7 Å². The van der Waals surface area contributed by atoms with Gasteiger partial charge in [0.1, 0.15) is 5.75 Å². The first-order valence-corrected chi connectivity index (χ1v) is 12.5. The van der Waals surface area contributed by atoms with Crippen molar-refractivity contribution in [1.29, 1.82) is 0 Å². The van der Waals surface area contributed by atoms with E-state index in [4.69, 9.17) is 27.9 Å². The molecule has 4 rings (SSSR count). The van der Waals surface area contributed by atoms with E-state index in [1.807, 2.05) is 13.0 Å². The van der Waals surface area contributed by atoms with Gasteiger partial charge >= 0.3 is 5.97 Å². The molecule has 10 heteroatoms. The van der Waals surface area contributed by atoms with E-state index in [0.29, 0.717) is 21.9 Å². The maximum atomic E-state index is 15.3. The molecule has 3 aromatic carbocycles. The van der Waals surface area contributed by atoms with Gasteiger partial charge in [-0.1, -0.05) is 40.5 Å². The van der Waals surface area contributed by atoms with Gasteiger partial charge in [-0.05, 0) is 72.1 Å². The Labute approximate surface area is 233 Å². The van der Waals surface area contributed by atoms with Gasteiger partial charge < -0.3 is 19.6 Å². The van der Waals surface area contributed by atoms with Crippen LogP contribution in [0.15, 0.2) is 82.9 Å². The molecule has 39 heavy (non-hydrogen) atoms. The molecule has 0 saturated heterocycles. The minimum Gasteiger partial charge on any atom is -0.478 e. The molecule has 0 spiro atoms. The number of carbonyl (C=O) groups is 1. The SMILES string of the molecule is Cc1cc(Cl)ccc1C(CC(=NO)c1ccc(=O)n(C)c1)c1ccc(Oc2ccc(Cl)c(C(=O)O)c2)c(F)c1. The van der Waals surface area contributed by atoms with Gasteiger partial charge in [0, 0.05) is 42.2 Å². The highest BCUT2D eigenvalue weighted by atomic mass is 35.5. The van der Waals surface area contributed by atoms with Crippen LogP contribution in [-0.2, 0) is 7.05 Å². The molecule has 7 nitrogen and oxygen atoms in total. The van der Waals surface area contributed by atoms with Crippen molar-refractivity contribution in [3.8, 4) is 11.5 Å². The second kappa shape index (κ2) is 11.7. The van der Waals surface area contributed by atoms with Crippen LogP contribution in [0.1, 0.15) is 45.0 Å². The Kier molecular flexibility index (Phi) is 8.38. The predicted octanol–water partition coefficient (Wildman–Crippen LogP) is 7.03. The third-order valence-corrected chi connectivity index (χ3v) is 6.86. The van der Waals surface area contributed by atoms with Gasteiger partial charge in [-0.25, -0.2) is 9.18 Å². The number of aryl methyl sites for hydroxylation is 2. The summed E-state index contributed by atoms with van der Waals surface area (Å²) in [5, 5.41) is 23.2. The Bertz CT molecular complexity index is 1650. The Morgan fingerprint density at radius 3 is 2.49 bits per heavy atom. The summed E-state index contributed by atoms with van der Waals surface area (Å²) in [6.07, 6.45) is 1.74. The fourth-order valence-corrected chi connectivity index (χ4v) is 4.71. The second-order valence-electron chi connectivity index (χ2n) is 8.91. The summed E-state index contributed by atoms with van der Waals surface area (Å²) in [6.45, 7) is 1.88. The average molecular weight is 569 g/mol. The van der Waals surface area contributed by atoms with Crippen LogP contribution >= 0.6 is 23.2 Å². The smallest absolute Gasteiger partial charge is 0.337 e. The minimum atomic E-state index is -1.23. The molecule has 1 atom stereocenters. The van der Waals surface area contributed by atoms with Crippen LogP contribution in [0.2, 0.25) is 10.0 Å². The highest BCUT2D eigenvalue weighted by molar-refractivity contribution is 6.33. The summed E-state index contributed by atoms with van der Waals surface area (Å²) >= 11 is 12.1. The molecule has 2 N–H and O–H groups in total. The number of halogens is 3. The van der Waals surface area contributed by atoms with Crippen molar-refractivity contribution in [2.75, 3.05) is 0 Å². The Balaban J connectivity index is 1.72. The molecule has 0 bridgehead atoms. The van der Waals surface area contributed by atoms with E-state index < -0.39 is 17.7 Å². The Morgan fingerprint density at radius 1 is 1.08 bits per heavy atom. The summed E-state index contributed by atoms with van der Waals surface area (Å²) in [5.41, 5.74) is 2.71. The van der Waals surface area contributed by atoms with Crippen molar-refractivity contribution in [2.24, 2.45) is 12.2 Å². The zero-order valence-electron chi connectivity index (χ0n) is 20.9. The lowest BCUT2D eigenvalue weighted by molar-refractivity contribution is 0.0696. The van der Waals surface area contributed by atoms with E-state index in [1.54, 1.807) is 37.5 Å². The number of benzene rings is 3. The number of rotatable bonds is 8. The summed E-state index contributed by atoms with van der Waals surface area (Å²) in [4.78, 5) is 23.2. The lowest BCUT2D eigenvalue weighted by Gasteiger charge is -2.22. The Morgan fingerprint density at radius 2 is 1.85 bits per heavy atom. The second-order valence-corrected chi connectivity index (χ2v) is 9.75. The van der Waals surface area contributed by atoms with Gasteiger partial charge in [0.2, 0.25) is 5.56 Å². The standard InChI is InChI=1S/C29H23Cl2FN2O5/c1-16-11-19(30)5-7-21(16)22(14-26(33-38)18-4-10-28(35)34(2)15-18)17-3-9-27(25(32)12-17)39-20-6-8-24(31)23(13-20)29(36)37/h3-13,15,22,38H,14H2,1-2H3,(H,36,37). The number of hydrogen-bond acceptors (Lipinski definition) is 5. The molecule has 4 aromatic rings. The van der Waals surface area contributed by atoms with Crippen LogP contribution < -0.4 is 10.3 Å². The van der Waals surface area contributed by atoms with Crippen LogP contribution in [0.3, 0.4) is 0 Å². The molecule has 200 valence electrons. The van der Waals surface area contributed by atoms with Gasteiger partial charge in [-0.2, -0.15) is 0 Å². The maximum absolute atomic E-state index is 15.3. The molecule has 0 radical (unpaired) electrons. The molecule has 0 aliphatic carbocycles. The summed E-state index contributed by atoms with van der Waals surface area (Å²) in [7, 11) is 1.59. The van der Waals surface area contributed by atoms with E-state index in [9.17, 15) is 19.9 Å². The number of aromatic nitrogens is 1. The normalized spacial score (nSPS) is 12.3. The number of carboxylic acid groups (broad SMARTS) is 1. The summed E-state index contributed by atoms with van der Waals surface area (Å²) < 4.78 is 22.3. The quantitative estimate of drug-likeness (QED) is 0.135. The van der Waals surface area contributed by atoms with Crippen LogP contribution in [-0.4, -0.2) is 26.6 Å². The zero-order valence-corrected chi connectivity index (χ0v) is 22.4. The first kappa shape index (κ1) is 27.9. The van der Waals surface area contributed by atoms with Crippen LogP contribution in [0.4, 0.5) is 4.39 Å². The lowest BCUT2D eigenvalue weighted by Crippen LogP contribution is -2.18. The van der Waals surface area contributed by atoms with E-state index >= 15 is 4.39 Å². The van der Waals surface area contributed by atoms with Gasteiger partial charge in [0.05, 0.1) is 16.3 Å². The van der Waals surface area contributed by atoms with Gasteiger partial charge in [-0.3, -0.25) is 4.79 Å². The molecule has 1 heterocycles. The third kappa shape index (κ3) is 6.30. The number of nitrogens with zero attached hydrogens (tertiary/aromatic N) is 2. The predicted molar refractivity (Wildman–Crippen MR) is 148 cm³/mol. The Hall–Kier alpha value is -4.14. The van der Waals surface area contributed by atoms with Gasteiger partial charge in [0.25, 0.3) is 0 Å². The highest BCUT2D eigenvalue weighted by Gasteiger charge is 2.23. The first-order valence-electron chi connectivity index (χ1n) is 11.7. The largest absolute Gasteiger partial charge is 0.478 e. The van der Waals surface area contributed by atoms with Crippen molar-refractivity contribution in [1.82, 2.24) is 4.57 Å². The lowest BCUT2D eigenvalue weighted by atomic mass is 9.83. The molecule has 1 unspecified atom stereocenters. The number of ether oxygens (including phenoxy) is 1. The number of hydrogen-bond donors (Lipinski definition) is 2. The number of oxime groups is 1. The minimum absolute atomic E-state index is 0.0340.